The van der Waals surface area contributed by atoms with E-state index in [-0.39, 0.29) is 11.9 Å². The van der Waals surface area contributed by atoms with Crippen LogP contribution in [0.1, 0.15) is 43.2 Å². The number of hydrogen-bond acceptors (Lipinski definition) is 2. The molecule has 2 rings (SSSR count). The van der Waals surface area contributed by atoms with Crippen molar-refractivity contribution in [2.45, 2.75) is 32.7 Å². The van der Waals surface area contributed by atoms with Crippen LogP contribution in [0.15, 0.2) is 12.3 Å². The quantitative estimate of drug-likeness (QED) is 0.740. The van der Waals surface area contributed by atoms with E-state index >= 15 is 0 Å². The highest BCUT2D eigenvalue weighted by molar-refractivity contribution is 5.92. The van der Waals surface area contributed by atoms with Crippen LogP contribution in [-0.2, 0) is 0 Å². The zero-order valence-corrected chi connectivity index (χ0v) is 9.31. The largest absolute Gasteiger partial charge is 0.337 e. The molecule has 1 amide bonds. The molecular weight excluding hydrogens is 190 g/mol. The summed E-state index contributed by atoms with van der Waals surface area (Å²) in [5.74, 6) is 0.124. The maximum absolute atomic E-state index is 12.1. The van der Waals surface area contributed by atoms with Gasteiger partial charge in [-0.05, 0) is 32.8 Å². The Labute approximate surface area is 89.9 Å². The van der Waals surface area contributed by atoms with Crippen molar-refractivity contribution in [2.24, 2.45) is 0 Å². The lowest BCUT2D eigenvalue weighted by Crippen LogP contribution is -2.30. The van der Waals surface area contributed by atoms with Crippen LogP contribution in [0.2, 0.25) is 0 Å². The number of amides is 1. The Balaban J connectivity index is 2.20. The van der Waals surface area contributed by atoms with Gasteiger partial charge in [-0.1, -0.05) is 0 Å². The monoisotopic (exact) mass is 207 g/mol. The van der Waals surface area contributed by atoms with E-state index < -0.39 is 0 Å². The highest BCUT2D eigenvalue weighted by Gasteiger charge is 2.22. The summed E-state index contributed by atoms with van der Waals surface area (Å²) < 4.78 is 1.79. The van der Waals surface area contributed by atoms with E-state index in [1.54, 1.807) is 16.9 Å². The van der Waals surface area contributed by atoms with Gasteiger partial charge < -0.3 is 4.90 Å². The maximum atomic E-state index is 12.1. The lowest BCUT2D eigenvalue weighted by molar-refractivity contribution is 0.0778. The fourth-order valence-corrected chi connectivity index (χ4v) is 1.98. The first kappa shape index (κ1) is 10.2. The normalized spacial score (nSPS) is 16.3. The van der Waals surface area contributed by atoms with Crippen LogP contribution in [0.4, 0.5) is 0 Å². The maximum Gasteiger partial charge on any atom is 0.272 e. The van der Waals surface area contributed by atoms with Gasteiger partial charge in [-0.3, -0.25) is 9.48 Å². The summed E-state index contributed by atoms with van der Waals surface area (Å²) in [6.07, 6.45) is 3.95. The summed E-state index contributed by atoms with van der Waals surface area (Å²) in [6.45, 7) is 5.85. The second-order valence-electron chi connectivity index (χ2n) is 4.25. The molecule has 1 aromatic heterocycles. The molecule has 15 heavy (non-hydrogen) atoms. The number of hydrogen-bond donors (Lipinski definition) is 0. The fourth-order valence-electron chi connectivity index (χ4n) is 1.98. The number of carbonyl (C=O) groups excluding carboxylic acids is 1. The molecule has 2 heterocycles. The first-order valence-electron chi connectivity index (χ1n) is 5.53. The molecule has 4 nitrogen and oxygen atoms in total. The van der Waals surface area contributed by atoms with E-state index in [0.29, 0.717) is 5.69 Å². The minimum atomic E-state index is 0.124. The Morgan fingerprint density at radius 1 is 1.40 bits per heavy atom. The van der Waals surface area contributed by atoms with Crippen LogP contribution in [0, 0.1) is 0 Å². The molecule has 0 radical (unpaired) electrons. The van der Waals surface area contributed by atoms with Gasteiger partial charge in [-0.2, -0.15) is 5.10 Å². The van der Waals surface area contributed by atoms with E-state index in [0.717, 1.165) is 25.9 Å². The van der Waals surface area contributed by atoms with Gasteiger partial charge in [0.15, 0.2) is 0 Å². The van der Waals surface area contributed by atoms with Gasteiger partial charge in [0.1, 0.15) is 5.69 Å². The van der Waals surface area contributed by atoms with Crippen molar-refractivity contribution in [2.75, 3.05) is 13.1 Å². The third-order valence-electron chi connectivity index (χ3n) is 2.77. The van der Waals surface area contributed by atoms with Crippen LogP contribution in [0.5, 0.6) is 0 Å². The molecule has 4 heteroatoms. The minimum absolute atomic E-state index is 0.124. The number of likely N-dealkylation sites (tertiary alicyclic amines) is 1. The smallest absolute Gasteiger partial charge is 0.272 e. The number of aromatic nitrogens is 2. The lowest BCUT2D eigenvalue weighted by Gasteiger charge is -2.17. The molecular formula is C11H17N3O. The second-order valence-corrected chi connectivity index (χ2v) is 4.25. The molecule has 82 valence electrons. The second kappa shape index (κ2) is 4.04. The van der Waals surface area contributed by atoms with Crippen molar-refractivity contribution in [3.8, 4) is 0 Å². The number of carbonyl (C=O) groups is 1. The molecule has 0 N–H and O–H groups in total. The van der Waals surface area contributed by atoms with Crippen LogP contribution in [0.3, 0.4) is 0 Å². The highest BCUT2D eigenvalue weighted by Crippen LogP contribution is 2.15. The van der Waals surface area contributed by atoms with Gasteiger partial charge >= 0.3 is 0 Å². The molecule has 1 aromatic rings. The van der Waals surface area contributed by atoms with Crippen molar-refractivity contribution in [3.05, 3.63) is 18.0 Å². The third kappa shape index (κ3) is 1.89. The standard InChI is InChI=1S/C11H17N3O/c1-9(2)14-10(5-6-12-14)11(15)13-7-3-4-8-13/h5-6,9H,3-4,7-8H2,1-2H3. The zero-order chi connectivity index (χ0) is 10.8. The molecule has 0 unspecified atom stereocenters. The Hall–Kier alpha value is -1.32. The molecule has 1 fully saturated rings. The summed E-state index contributed by atoms with van der Waals surface area (Å²) >= 11 is 0. The predicted molar refractivity (Wildman–Crippen MR) is 57.7 cm³/mol. The molecule has 1 saturated heterocycles. The summed E-state index contributed by atoms with van der Waals surface area (Å²) in [5.41, 5.74) is 0.715. The first-order valence-corrected chi connectivity index (χ1v) is 5.53. The number of nitrogens with zero attached hydrogens (tertiary/aromatic N) is 3. The minimum Gasteiger partial charge on any atom is -0.337 e. The van der Waals surface area contributed by atoms with E-state index in [4.69, 9.17) is 0 Å². The van der Waals surface area contributed by atoms with Gasteiger partial charge in [0, 0.05) is 25.3 Å². The van der Waals surface area contributed by atoms with Gasteiger partial charge in [0.25, 0.3) is 5.91 Å². The van der Waals surface area contributed by atoms with E-state index in [1.165, 1.54) is 0 Å². The lowest BCUT2D eigenvalue weighted by atomic mass is 10.3. The van der Waals surface area contributed by atoms with Crippen LogP contribution in [-0.4, -0.2) is 33.7 Å². The van der Waals surface area contributed by atoms with Crippen LogP contribution >= 0.6 is 0 Å². The Morgan fingerprint density at radius 3 is 2.67 bits per heavy atom. The molecule has 0 atom stereocenters. The molecule has 0 bridgehead atoms. The van der Waals surface area contributed by atoms with Gasteiger partial charge in [0.2, 0.25) is 0 Å². The van der Waals surface area contributed by atoms with E-state index in [1.807, 2.05) is 18.7 Å². The average Bonchev–Trinajstić information content (AvgIpc) is 2.88. The van der Waals surface area contributed by atoms with Crippen molar-refractivity contribution >= 4 is 5.91 Å². The van der Waals surface area contributed by atoms with Gasteiger partial charge in [-0.25, -0.2) is 0 Å². The molecule has 0 saturated carbocycles. The van der Waals surface area contributed by atoms with Crippen LogP contribution < -0.4 is 0 Å². The molecule has 0 aromatic carbocycles. The van der Waals surface area contributed by atoms with Crippen molar-refractivity contribution < 1.29 is 4.79 Å². The zero-order valence-electron chi connectivity index (χ0n) is 9.31. The third-order valence-corrected chi connectivity index (χ3v) is 2.77. The summed E-state index contributed by atoms with van der Waals surface area (Å²) in [6, 6.07) is 2.04. The summed E-state index contributed by atoms with van der Waals surface area (Å²) in [4.78, 5) is 14.0. The SMILES string of the molecule is CC(C)n1nccc1C(=O)N1CCCC1. The number of rotatable bonds is 2. The Kier molecular flexibility index (Phi) is 2.75. The Bertz CT molecular complexity index is 350. The van der Waals surface area contributed by atoms with E-state index in [9.17, 15) is 4.79 Å². The topological polar surface area (TPSA) is 38.1 Å². The van der Waals surface area contributed by atoms with E-state index in [2.05, 4.69) is 5.10 Å². The molecule has 1 aliphatic heterocycles. The van der Waals surface area contributed by atoms with Crippen molar-refractivity contribution in [3.63, 3.8) is 0 Å². The predicted octanol–water partition coefficient (Wildman–Crippen LogP) is 1.70. The fraction of sp³-hybridized carbons (Fsp3) is 0.636. The van der Waals surface area contributed by atoms with Gasteiger partial charge in [-0.15, -0.1) is 0 Å². The average molecular weight is 207 g/mol. The molecule has 0 spiro atoms. The summed E-state index contributed by atoms with van der Waals surface area (Å²) in [7, 11) is 0. The van der Waals surface area contributed by atoms with Crippen molar-refractivity contribution in [1.82, 2.24) is 14.7 Å². The highest BCUT2D eigenvalue weighted by atomic mass is 16.2. The van der Waals surface area contributed by atoms with Crippen LogP contribution in [0.25, 0.3) is 0 Å². The van der Waals surface area contributed by atoms with Gasteiger partial charge in [0.05, 0.1) is 0 Å². The van der Waals surface area contributed by atoms with Crippen molar-refractivity contribution in [1.29, 1.82) is 0 Å². The first-order chi connectivity index (χ1) is 7.20. The molecule has 0 aliphatic carbocycles. The Morgan fingerprint density at radius 2 is 2.07 bits per heavy atom. The summed E-state index contributed by atoms with van der Waals surface area (Å²) in [5, 5.41) is 4.18. The molecule has 1 aliphatic rings.